The highest BCUT2D eigenvalue weighted by Crippen LogP contribution is 2.34. The van der Waals surface area contributed by atoms with Crippen LogP contribution in [0.15, 0.2) is 33.1 Å². The number of nitrogens with zero attached hydrogens (tertiary/aromatic N) is 3. The molecule has 1 N–H and O–H groups in total. The molecule has 1 aliphatic heterocycles. The van der Waals surface area contributed by atoms with Crippen LogP contribution in [0.4, 0.5) is 10.8 Å². The molecular weight excluding hydrogens is 468 g/mol. The van der Waals surface area contributed by atoms with Crippen molar-refractivity contribution in [3.63, 3.8) is 0 Å². The standard InChI is InChI=1S/C17H19BrN4O4S2/c1-10-6-12-7-13(4-5-14(12)22(10)11(2)23)28(25,26)21(3)9-16(24)20-17-19-8-15(18)27-17/h4-5,7-8,10H,6,9H2,1-3H3,(H,19,20,24)/t10-/m1/s1. The van der Waals surface area contributed by atoms with E-state index in [0.717, 1.165) is 19.3 Å². The van der Waals surface area contributed by atoms with E-state index in [-0.39, 0.29) is 23.4 Å². The van der Waals surface area contributed by atoms with Crippen LogP contribution in [0.25, 0.3) is 0 Å². The van der Waals surface area contributed by atoms with Gasteiger partial charge in [-0.1, -0.05) is 11.3 Å². The van der Waals surface area contributed by atoms with Gasteiger partial charge in [-0.2, -0.15) is 4.31 Å². The van der Waals surface area contributed by atoms with Crippen molar-refractivity contribution in [2.45, 2.75) is 31.2 Å². The molecule has 3 rings (SSSR count). The van der Waals surface area contributed by atoms with Crippen molar-refractivity contribution < 1.29 is 18.0 Å². The van der Waals surface area contributed by atoms with Gasteiger partial charge in [-0.15, -0.1) is 0 Å². The van der Waals surface area contributed by atoms with Crippen molar-refractivity contribution in [3.05, 3.63) is 33.7 Å². The highest BCUT2D eigenvalue weighted by molar-refractivity contribution is 9.11. The molecule has 8 nitrogen and oxygen atoms in total. The van der Waals surface area contributed by atoms with Gasteiger partial charge < -0.3 is 10.2 Å². The van der Waals surface area contributed by atoms with E-state index in [0.29, 0.717) is 11.6 Å². The number of nitrogens with one attached hydrogen (secondary N) is 1. The summed E-state index contributed by atoms with van der Waals surface area (Å²) in [4.78, 5) is 29.7. The molecule has 150 valence electrons. The van der Waals surface area contributed by atoms with E-state index in [4.69, 9.17) is 0 Å². The van der Waals surface area contributed by atoms with E-state index < -0.39 is 15.9 Å². The number of hydrogen-bond donors (Lipinski definition) is 1. The minimum Gasteiger partial charge on any atom is -0.309 e. The minimum atomic E-state index is -3.86. The number of amides is 2. The van der Waals surface area contributed by atoms with Crippen LogP contribution in [0.1, 0.15) is 19.4 Å². The van der Waals surface area contributed by atoms with E-state index >= 15 is 0 Å². The van der Waals surface area contributed by atoms with Crippen molar-refractivity contribution in [1.82, 2.24) is 9.29 Å². The largest absolute Gasteiger partial charge is 0.309 e. The molecule has 0 aliphatic carbocycles. The van der Waals surface area contributed by atoms with Gasteiger partial charge in [0, 0.05) is 25.7 Å². The van der Waals surface area contributed by atoms with Gasteiger partial charge in [0.25, 0.3) is 0 Å². The van der Waals surface area contributed by atoms with E-state index in [1.807, 2.05) is 6.92 Å². The fourth-order valence-corrected chi connectivity index (χ4v) is 5.49. The number of thiazole rings is 1. The maximum atomic E-state index is 12.9. The lowest BCUT2D eigenvalue weighted by Crippen LogP contribution is -2.35. The molecule has 0 radical (unpaired) electrons. The molecule has 2 aromatic rings. The lowest BCUT2D eigenvalue weighted by molar-refractivity contribution is -0.117. The monoisotopic (exact) mass is 486 g/mol. The number of benzene rings is 1. The zero-order valence-electron chi connectivity index (χ0n) is 15.5. The second-order valence-electron chi connectivity index (χ2n) is 6.51. The van der Waals surface area contributed by atoms with Crippen molar-refractivity contribution in [2.24, 2.45) is 0 Å². The van der Waals surface area contributed by atoms with E-state index in [1.54, 1.807) is 23.2 Å². The Morgan fingerprint density at radius 2 is 2.14 bits per heavy atom. The van der Waals surface area contributed by atoms with Crippen LogP contribution >= 0.6 is 27.3 Å². The van der Waals surface area contributed by atoms with Crippen molar-refractivity contribution in [2.75, 3.05) is 23.8 Å². The second kappa shape index (κ2) is 7.90. The molecule has 2 amide bonds. The number of anilines is 2. The summed E-state index contributed by atoms with van der Waals surface area (Å²) < 4.78 is 27.5. The number of rotatable bonds is 5. The first-order valence-electron chi connectivity index (χ1n) is 8.40. The first-order chi connectivity index (χ1) is 13.1. The van der Waals surface area contributed by atoms with Crippen LogP contribution in [0.3, 0.4) is 0 Å². The third-order valence-corrected chi connectivity index (χ3v) is 7.60. The quantitative estimate of drug-likeness (QED) is 0.699. The van der Waals surface area contributed by atoms with Crippen LogP contribution in [0.2, 0.25) is 0 Å². The van der Waals surface area contributed by atoms with Gasteiger partial charge in [-0.3, -0.25) is 9.59 Å². The molecule has 0 unspecified atom stereocenters. The molecule has 0 saturated carbocycles. The van der Waals surface area contributed by atoms with Gasteiger partial charge in [-0.25, -0.2) is 13.4 Å². The maximum absolute atomic E-state index is 12.9. The van der Waals surface area contributed by atoms with Crippen LogP contribution in [-0.4, -0.2) is 49.2 Å². The van der Waals surface area contributed by atoms with Crippen LogP contribution in [-0.2, 0) is 26.0 Å². The Kier molecular flexibility index (Phi) is 5.89. The average molecular weight is 487 g/mol. The molecule has 28 heavy (non-hydrogen) atoms. The first-order valence-corrected chi connectivity index (χ1v) is 11.4. The lowest BCUT2D eigenvalue weighted by Gasteiger charge is -2.21. The number of halogens is 1. The zero-order chi connectivity index (χ0) is 20.6. The molecule has 1 aromatic heterocycles. The van der Waals surface area contributed by atoms with Crippen molar-refractivity contribution in [3.8, 4) is 0 Å². The van der Waals surface area contributed by atoms with E-state index in [2.05, 4.69) is 26.2 Å². The zero-order valence-corrected chi connectivity index (χ0v) is 18.7. The van der Waals surface area contributed by atoms with Gasteiger partial charge in [0.15, 0.2) is 5.13 Å². The Balaban J connectivity index is 1.76. The Bertz CT molecular complexity index is 1040. The third-order valence-electron chi connectivity index (χ3n) is 4.40. The lowest BCUT2D eigenvalue weighted by atomic mass is 10.1. The molecule has 0 spiro atoms. The van der Waals surface area contributed by atoms with Gasteiger partial charge in [0.2, 0.25) is 21.8 Å². The second-order valence-corrected chi connectivity index (χ2v) is 11.0. The predicted octanol–water partition coefficient (Wildman–Crippen LogP) is 2.46. The number of aromatic nitrogens is 1. The summed E-state index contributed by atoms with van der Waals surface area (Å²) in [6.07, 6.45) is 2.14. The average Bonchev–Trinajstić information content (AvgIpc) is 3.15. The predicted molar refractivity (Wildman–Crippen MR) is 111 cm³/mol. The van der Waals surface area contributed by atoms with Crippen LogP contribution < -0.4 is 10.2 Å². The summed E-state index contributed by atoms with van der Waals surface area (Å²) in [6, 6.07) is 4.67. The van der Waals surface area contributed by atoms with Crippen LogP contribution in [0, 0.1) is 0 Å². The molecule has 2 heterocycles. The van der Waals surface area contributed by atoms with Gasteiger partial charge >= 0.3 is 0 Å². The molecule has 0 fully saturated rings. The molecule has 0 saturated heterocycles. The summed E-state index contributed by atoms with van der Waals surface area (Å²) in [5.41, 5.74) is 1.53. The number of hydrogen-bond acceptors (Lipinski definition) is 6. The molecule has 1 aliphatic rings. The van der Waals surface area contributed by atoms with E-state index in [1.165, 1.54) is 31.4 Å². The molecular formula is C17H19BrN4O4S2. The summed E-state index contributed by atoms with van der Waals surface area (Å²) in [7, 11) is -2.50. The Morgan fingerprint density at radius 3 is 2.75 bits per heavy atom. The number of likely N-dealkylation sites (N-methyl/N-ethyl adjacent to an activating group) is 1. The molecule has 0 bridgehead atoms. The summed E-state index contributed by atoms with van der Waals surface area (Å²) in [6.45, 7) is 3.07. The van der Waals surface area contributed by atoms with Gasteiger partial charge in [-0.05, 0) is 53.0 Å². The first kappa shape index (κ1) is 20.9. The Labute approximate surface area is 175 Å². The number of fused-ring (bicyclic) bond motifs is 1. The Hall–Kier alpha value is -1.82. The highest BCUT2D eigenvalue weighted by Gasteiger charge is 2.31. The smallest absolute Gasteiger partial charge is 0.243 e. The molecule has 1 aromatic carbocycles. The summed E-state index contributed by atoms with van der Waals surface area (Å²) >= 11 is 4.49. The van der Waals surface area contributed by atoms with Crippen molar-refractivity contribution >= 4 is 59.9 Å². The minimum absolute atomic E-state index is 0.0217. The highest BCUT2D eigenvalue weighted by atomic mass is 79.9. The maximum Gasteiger partial charge on any atom is 0.243 e. The van der Waals surface area contributed by atoms with Crippen LogP contribution in [0.5, 0.6) is 0 Å². The number of carbonyl (C=O) groups excluding carboxylic acids is 2. The van der Waals surface area contributed by atoms with Crippen molar-refractivity contribution in [1.29, 1.82) is 0 Å². The fraction of sp³-hybridized carbons (Fsp3) is 0.353. The van der Waals surface area contributed by atoms with E-state index in [9.17, 15) is 18.0 Å². The third kappa shape index (κ3) is 4.12. The molecule has 11 heteroatoms. The SMILES string of the molecule is CC(=O)N1c2ccc(S(=O)(=O)N(C)CC(=O)Nc3ncc(Br)s3)cc2C[C@H]1C. The van der Waals surface area contributed by atoms with Gasteiger partial charge in [0.05, 0.1) is 21.4 Å². The normalized spacial score (nSPS) is 16.3. The summed E-state index contributed by atoms with van der Waals surface area (Å²) in [5.74, 6) is -0.560. The van der Waals surface area contributed by atoms with Gasteiger partial charge in [0.1, 0.15) is 0 Å². The fourth-order valence-electron chi connectivity index (χ4n) is 3.19. The Morgan fingerprint density at radius 1 is 1.43 bits per heavy atom. The molecule has 1 atom stereocenters. The number of sulfonamides is 1. The summed E-state index contributed by atoms with van der Waals surface area (Å²) in [5, 5.41) is 2.96. The topological polar surface area (TPSA) is 99.7 Å². The number of carbonyl (C=O) groups is 2.